The van der Waals surface area contributed by atoms with E-state index in [9.17, 15) is 0 Å². The zero-order chi connectivity index (χ0) is 17.3. The van der Waals surface area contributed by atoms with Crippen molar-refractivity contribution in [1.82, 2.24) is 20.4 Å². The van der Waals surface area contributed by atoms with Gasteiger partial charge in [0.2, 0.25) is 0 Å². The fraction of sp³-hybridized carbons (Fsp3) is 0.579. The summed E-state index contributed by atoms with van der Waals surface area (Å²) in [4.78, 5) is 4.73. The van der Waals surface area contributed by atoms with Crippen LogP contribution in [0.3, 0.4) is 0 Å². The maximum atomic E-state index is 5.39. The van der Waals surface area contributed by atoms with Gasteiger partial charge in [0, 0.05) is 32.8 Å². The molecule has 25 heavy (non-hydrogen) atoms. The molecule has 0 amide bonds. The zero-order valence-corrected chi connectivity index (χ0v) is 15.1. The Hall–Kier alpha value is -2.24. The second kappa shape index (κ2) is 9.30. The van der Waals surface area contributed by atoms with E-state index >= 15 is 0 Å². The molecule has 6 heteroatoms. The summed E-state index contributed by atoms with van der Waals surface area (Å²) in [5.74, 6) is 2.63. The second-order valence-corrected chi connectivity index (χ2v) is 6.75. The summed E-state index contributed by atoms with van der Waals surface area (Å²) in [7, 11) is 1.95. The third-order valence-corrected chi connectivity index (χ3v) is 4.85. The summed E-state index contributed by atoms with van der Waals surface area (Å²) in [6, 6.07) is 5.93. The van der Waals surface area contributed by atoms with Crippen LogP contribution in [0, 0.1) is 5.92 Å². The third-order valence-electron chi connectivity index (χ3n) is 4.85. The lowest BCUT2D eigenvalue weighted by Crippen LogP contribution is -2.41. The molecule has 1 aliphatic carbocycles. The second-order valence-electron chi connectivity index (χ2n) is 6.75. The van der Waals surface area contributed by atoms with Gasteiger partial charge in [0.1, 0.15) is 5.76 Å². The van der Waals surface area contributed by atoms with Gasteiger partial charge < -0.3 is 15.1 Å². The summed E-state index contributed by atoms with van der Waals surface area (Å²) in [6.45, 7) is 2.42. The van der Waals surface area contributed by atoms with Crippen LogP contribution in [0.25, 0.3) is 0 Å². The monoisotopic (exact) mass is 343 g/mol. The van der Waals surface area contributed by atoms with Crippen LogP contribution in [0.15, 0.2) is 40.1 Å². The highest BCUT2D eigenvalue weighted by Crippen LogP contribution is 2.22. The molecule has 3 rings (SSSR count). The molecule has 0 saturated heterocycles. The van der Waals surface area contributed by atoms with E-state index in [1.165, 1.54) is 32.1 Å². The molecule has 2 heterocycles. The van der Waals surface area contributed by atoms with Gasteiger partial charge in [-0.3, -0.25) is 4.68 Å². The van der Waals surface area contributed by atoms with Crippen molar-refractivity contribution in [3.63, 3.8) is 0 Å². The molecule has 136 valence electrons. The van der Waals surface area contributed by atoms with Crippen LogP contribution in [0.2, 0.25) is 0 Å². The van der Waals surface area contributed by atoms with E-state index in [0.29, 0.717) is 6.54 Å². The highest BCUT2D eigenvalue weighted by Gasteiger charge is 2.13. The highest BCUT2D eigenvalue weighted by molar-refractivity contribution is 5.79. The van der Waals surface area contributed by atoms with E-state index in [1.54, 1.807) is 6.26 Å². The number of aryl methyl sites for hydroxylation is 1. The third kappa shape index (κ3) is 5.66. The Bertz CT molecular complexity index is 641. The van der Waals surface area contributed by atoms with Gasteiger partial charge in [-0.1, -0.05) is 19.3 Å². The van der Waals surface area contributed by atoms with E-state index in [-0.39, 0.29) is 0 Å². The summed E-state index contributed by atoms with van der Waals surface area (Å²) >= 11 is 0. The number of furan rings is 1. The van der Waals surface area contributed by atoms with Crippen LogP contribution in [0.5, 0.6) is 0 Å². The van der Waals surface area contributed by atoms with Crippen molar-refractivity contribution < 1.29 is 4.42 Å². The molecule has 2 N–H and O–H groups in total. The van der Waals surface area contributed by atoms with E-state index in [0.717, 1.165) is 42.8 Å². The molecule has 0 bridgehead atoms. The average Bonchev–Trinajstić information content (AvgIpc) is 3.29. The molecule has 1 aliphatic rings. The van der Waals surface area contributed by atoms with Gasteiger partial charge in [-0.05, 0) is 37.0 Å². The van der Waals surface area contributed by atoms with Crippen molar-refractivity contribution in [2.24, 2.45) is 18.0 Å². The minimum Gasteiger partial charge on any atom is -0.469 e. The maximum absolute atomic E-state index is 5.39. The molecule has 2 aromatic heterocycles. The molecule has 0 aromatic carbocycles. The van der Waals surface area contributed by atoms with Crippen molar-refractivity contribution in [2.75, 3.05) is 13.1 Å². The van der Waals surface area contributed by atoms with E-state index in [1.807, 2.05) is 36.1 Å². The summed E-state index contributed by atoms with van der Waals surface area (Å²) in [5, 5.41) is 11.2. The first-order chi connectivity index (χ1) is 12.3. The minimum absolute atomic E-state index is 0.622. The van der Waals surface area contributed by atoms with Crippen molar-refractivity contribution >= 4 is 5.96 Å². The molecule has 0 radical (unpaired) electrons. The molecule has 2 aromatic rings. The van der Waals surface area contributed by atoms with E-state index in [4.69, 9.17) is 9.41 Å². The number of nitrogens with zero attached hydrogens (tertiary/aromatic N) is 3. The molecule has 0 spiro atoms. The van der Waals surface area contributed by atoms with Crippen molar-refractivity contribution in [3.05, 3.63) is 42.1 Å². The molecule has 0 aliphatic heterocycles. The average molecular weight is 343 g/mol. The first-order valence-corrected chi connectivity index (χ1v) is 9.32. The maximum Gasteiger partial charge on any atom is 0.191 e. The van der Waals surface area contributed by atoms with Gasteiger partial charge in [0.05, 0.1) is 18.5 Å². The first-order valence-electron chi connectivity index (χ1n) is 9.32. The molecule has 0 atom stereocenters. The molecule has 1 fully saturated rings. The van der Waals surface area contributed by atoms with Gasteiger partial charge in [-0.2, -0.15) is 5.10 Å². The SMILES string of the molecule is Cn1nccc1CN=C(NCCc1ccco1)NCC1CCCCC1. The van der Waals surface area contributed by atoms with Crippen LogP contribution >= 0.6 is 0 Å². The predicted octanol–water partition coefficient (Wildman–Crippen LogP) is 2.87. The number of rotatable bonds is 7. The lowest BCUT2D eigenvalue weighted by molar-refractivity contribution is 0.355. The Balaban J connectivity index is 1.52. The number of nitrogens with one attached hydrogen (secondary N) is 2. The Morgan fingerprint density at radius 2 is 2.16 bits per heavy atom. The summed E-state index contributed by atoms with van der Waals surface area (Å²) in [5.41, 5.74) is 1.10. The van der Waals surface area contributed by atoms with Crippen LogP contribution in [0.4, 0.5) is 0 Å². The molecular formula is C19H29N5O. The van der Waals surface area contributed by atoms with Gasteiger partial charge in [0.25, 0.3) is 0 Å². The normalized spacial score (nSPS) is 16.1. The van der Waals surface area contributed by atoms with Crippen LogP contribution in [-0.4, -0.2) is 28.8 Å². The number of aromatic nitrogens is 2. The van der Waals surface area contributed by atoms with Gasteiger partial charge in [-0.25, -0.2) is 4.99 Å². The van der Waals surface area contributed by atoms with Crippen LogP contribution < -0.4 is 10.6 Å². The van der Waals surface area contributed by atoms with Crippen LogP contribution in [-0.2, 0) is 20.0 Å². The quantitative estimate of drug-likeness (QED) is 0.599. The van der Waals surface area contributed by atoms with Crippen LogP contribution in [0.1, 0.15) is 43.6 Å². The van der Waals surface area contributed by atoms with E-state index < -0.39 is 0 Å². The highest BCUT2D eigenvalue weighted by atomic mass is 16.3. The van der Waals surface area contributed by atoms with Crippen molar-refractivity contribution in [2.45, 2.75) is 45.1 Å². The zero-order valence-electron chi connectivity index (χ0n) is 15.1. The summed E-state index contributed by atoms with van der Waals surface area (Å²) < 4.78 is 7.26. The fourth-order valence-corrected chi connectivity index (χ4v) is 3.28. The fourth-order valence-electron chi connectivity index (χ4n) is 3.28. The molecule has 6 nitrogen and oxygen atoms in total. The van der Waals surface area contributed by atoms with Crippen molar-refractivity contribution in [1.29, 1.82) is 0 Å². The van der Waals surface area contributed by atoms with Gasteiger partial charge in [0.15, 0.2) is 5.96 Å². The Kier molecular flexibility index (Phi) is 6.54. The topological polar surface area (TPSA) is 67.4 Å². The standard InChI is InChI=1S/C19H29N5O/c1-24-17(9-12-23-24)15-22-19(20-11-10-18-8-5-13-25-18)21-14-16-6-3-2-4-7-16/h5,8-9,12-13,16H,2-4,6-7,10-11,14-15H2,1H3,(H2,20,21,22). The lowest BCUT2D eigenvalue weighted by Gasteiger charge is -2.23. The Morgan fingerprint density at radius 3 is 2.88 bits per heavy atom. The Labute approximate surface area is 149 Å². The summed E-state index contributed by atoms with van der Waals surface area (Å²) in [6.07, 6.45) is 11.1. The molecule has 1 saturated carbocycles. The van der Waals surface area contributed by atoms with E-state index in [2.05, 4.69) is 15.7 Å². The Morgan fingerprint density at radius 1 is 1.28 bits per heavy atom. The number of guanidine groups is 1. The molecule has 0 unspecified atom stereocenters. The van der Waals surface area contributed by atoms with Crippen molar-refractivity contribution in [3.8, 4) is 0 Å². The smallest absolute Gasteiger partial charge is 0.191 e. The van der Waals surface area contributed by atoms with Gasteiger partial charge >= 0.3 is 0 Å². The minimum atomic E-state index is 0.622. The molecular weight excluding hydrogens is 314 g/mol. The largest absolute Gasteiger partial charge is 0.469 e. The lowest BCUT2D eigenvalue weighted by atomic mass is 9.89. The number of aliphatic imine (C=N–C) groups is 1. The number of hydrogen-bond donors (Lipinski definition) is 2. The van der Waals surface area contributed by atoms with Gasteiger partial charge in [-0.15, -0.1) is 0 Å². The first kappa shape index (κ1) is 17.6. The predicted molar refractivity (Wildman–Crippen MR) is 99.3 cm³/mol. The number of hydrogen-bond acceptors (Lipinski definition) is 3.